The fourth-order valence-electron chi connectivity index (χ4n) is 4.64. The van der Waals surface area contributed by atoms with Crippen LogP contribution >= 0.6 is 0 Å². The topological polar surface area (TPSA) is 18.5 Å². The second-order valence-electron chi connectivity index (χ2n) is 6.86. The van der Waals surface area contributed by atoms with Crippen molar-refractivity contribution >= 4 is 14.6 Å². The molecule has 0 bridgehead atoms. The lowest BCUT2D eigenvalue weighted by Gasteiger charge is -2.42. The molecule has 1 aromatic carbocycles. The van der Waals surface area contributed by atoms with Crippen LogP contribution in [0.5, 0.6) is 0 Å². The van der Waals surface area contributed by atoms with Crippen LogP contribution in [-0.2, 0) is 8.85 Å². The molecule has 1 saturated carbocycles. The predicted molar refractivity (Wildman–Crippen MR) is 94.2 cm³/mol. The molecule has 0 radical (unpaired) electrons. The highest BCUT2D eigenvalue weighted by molar-refractivity contribution is 6.71. The summed E-state index contributed by atoms with van der Waals surface area (Å²) >= 11 is 0. The van der Waals surface area contributed by atoms with Crippen molar-refractivity contribution in [3.05, 3.63) is 40.5 Å². The normalized spacial score (nSPS) is 22.5. The molecule has 0 aromatic heterocycles. The molecule has 1 unspecified atom stereocenters. The number of hydrogen-bond donors (Lipinski definition) is 0. The van der Waals surface area contributed by atoms with Gasteiger partial charge in [0.05, 0.1) is 0 Å². The second-order valence-corrected chi connectivity index (χ2v) is 10.5. The zero-order chi connectivity index (χ0) is 15.7. The number of aryl methyl sites for hydroxylation is 1. The fraction of sp³-hybridized carbons (Fsp3) is 0.579. The molecular weight excluding hydrogens is 288 g/mol. The van der Waals surface area contributed by atoms with Crippen molar-refractivity contribution in [2.75, 3.05) is 14.2 Å². The Labute approximate surface area is 135 Å². The van der Waals surface area contributed by atoms with Gasteiger partial charge in [0, 0.05) is 25.3 Å². The van der Waals surface area contributed by atoms with Crippen molar-refractivity contribution in [1.82, 2.24) is 0 Å². The van der Waals surface area contributed by atoms with Gasteiger partial charge in [0.25, 0.3) is 0 Å². The van der Waals surface area contributed by atoms with Gasteiger partial charge in [-0.3, -0.25) is 0 Å². The minimum atomic E-state index is -2.32. The van der Waals surface area contributed by atoms with Crippen molar-refractivity contribution in [2.24, 2.45) is 0 Å². The van der Waals surface area contributed by atoms with Crippen molar-refractivity contribution in [3.63, 3.8) is 0 Å². The van der Waals surface area contributed by atoms with Crippen LogP contribution in [0.2, 0.25) is 5.54 Å². The zero-order valence-corrected chi connectivity index (χ0v) is 15.3. The summed E-state index contributed by atoms with van der Waals surface area (Å²) < 4.78 is 12.5. The van der Waals surface area contributed by atoms with E-state index in [0.717, 1.165) is 0 Å². The van der Waals surface area contributed by atoms with Crippen LogP contribution in [0.3, 0.4) is 0 Å². The molecular formula is C19H28O2Si. The Hall–Kier alpha value is -0.903. The summed E-state index contributed by atoms with van der Waals surface area (Å²) in [4.78, 5) is 0. The molecule has 22 heavy (non-hydrogen) atoms. The van der Waals surface area contributed by atoms with E-state index in [-0.39, 0.29) is 0 Å². The van der Waals surface area contributed by atoms with E-state index < -0.39 is 8.56 Å². The molecule has 0 heterocycles. The summed E-state index contributed by atoms with van der Waals surface area (Å²) in [5, 5.41) is 0. The number of rotatable bonds is 4. The molecule has 1 atom stereocenters. The van der Waals surface area contributed by atoms with Gasteiger partial charge in [0.15, 0.2) is 0 Å². The van der Waals surface area contributed by atoms with Gasteiger partial charge in [0.1, 0.15) is 0 Å². The lowest BCUT2D eigenvalue weighted by Crippen LogP contribution is -2.51. The Morgan fingerprint density at radius 1 is 1.00 bits per heavy atom. The Morgan fingerprint density at radius 2 is 1.68 bits per heavy atom. The molecule has 3 rings (SSSR count). The van der Waals surface area contributed by atoms with Crippen molar-refractivity contribution in [2.45, 2.75) is 57.0 Å². The van der Waals surface area contributed by atoms with E-state index in [1.807, 2.05) is 14.2 Å². The lowest BCUT2D eigenvalue weighted by atomic mass is 10.0. The van der Waals surface area contributed by atoms with Gasteiger partial charge in [-0.1, -0.05) is 49.1 Å². The smallest absolute Gasteiger partial charge is 0.352 e. The molecule has 0 aliphatic heterocycles. The molecule has 3 heteroatoms. The quantitative estimate of drug-likeness (QED) is 0.719. The van der Waals surface area contributed by atoms with E-state index in [9.17, 15) is 0 Å². The van der Waals surface area contributed by atoms with Crippen LogP contribution < -0.4 is 0 Å². The number of benzene rings is 1. The molecule has 0 amide bonds. The summed E-state index contributed by atoms with van der Waals surface area (Å²) in [6, 6.07) is 6.66. The predicted octanol–water partition coefficient (Wildman–Crippen LogP) is 5.10. The molecule has 1 fully saturated rings. The minimum Gasteiger partial charge on any atom is -0.397 e. The summed E-state index contributed by atoms with van der Waals surface area (Å²) in [5.74, 6) is 0. The number of allylic oxidation sites excluding steroid dienone is 1. The summed E-state index contributed by atoms with van der Waals surface area (Å²) in [6.07, 6.45) is 8.89. The third-order valence-electron chi connectivity index (χ3n) is 5.71. The maximum absolute atomic E-state index is 6.25. The average Bonchev–Trinajstić information content (AvgIpc) is 2.89. The maximum atomic E-state index is 6.25. The first-order chi connectivity index (χ1) is 10.6. The van der Waals surface area contributed by atoms with Crippen LogP contribution in [0.1, 0.15) is 61.3 Å². The third-order valence-corrected chi connectivity index (χ3v) is 10.3. The fourth-order valence-corrected chi connectivity index (χ4v) is 9.03. The van der Waals surface area contributed by atoms with Gasteiger partial charge >= 0.3 is 8.56 Å². The molecule has 1 aromatic rings. The van der Waals surface area contributed by atoms with Crippen LogP contribution in [0.15, 0.2) is 23.8 Å². The van der Waals surface area contributed by atoms with Crippen LogP contribution in [0.4, 0.5) is 0 Å². The van der Waals surface area contributed by atoms with Crippen LogP contribution in [0, 0.1) is 6.92 Å². The van der Waals surface area contributed by atoms with Crippen molar-refractivity contribution < 1.29 is 8.85 Å². The summed E-state index contributed by atoms with van der Waals surface area (Å²) in [5.41, 5.74) is 6.56. The first-order valence-corrected chi connectivity index (χ1v) is 10.5. The Kier molecular flexibility index (Phi) is 4.58. The first-order valence-electron chi connectivity index (χ1n) is 8.52. The maximum Gasteiger partial charge on any atom is 0.352 e. The van der Waals surface area contributed by atoms with E-state index in [2.05, 4.69) is 38.1 Å². The first kappa shape index (κ1) is 16.0. The Balaban J connectivity index is 2.06. The number of hydrogen-bond acceptors (Lipinski definition) is 2. The van der Waals surface area contributed by atoms with E-state index in [1.54, 1.807) is 0 Å². The van der Waals surface area contributed by atoms with E-state index in [1.165, 1.54) is 54.4 Å². The van der Waals surface area contributed by atoms with Crippen molar-refractivity contribution in [1.29, 1.82) is 0 Å². The van der Waals surface area contributed by atoms with E-state index in [0.29, 0.717) is 11.1 Å². The van der Waals surface area contributed by atoms with Gasteiger partial charge in [-0.05, 0) is 43.4 Å². The highest BCUT2D eigenvalue weighted by Gasteiger charge is 2.54. The minimum absolute atomic E-state index is 0.348. The highest BCUT2D eigenvalue weighted by atomic mass is 28.4. The largest absolute Gasteiger partial charge is 0.397 e. The van der Waals surface area contributed by atoms with Gasteiger partial charge in [-0.15, -0.1) is 0 Å². The second kappa shape index (κ2) is 6.30. The zero-order valence-electron chi connectivity index (χ0n) is 14.3. The number of fused-ring (bicyclic) bond motifs is 1. The van der Waals surface area contributed by atoms with Gasteiger partial charge in [-0.25, -0.2) is 0 Å². The molecule has 2 aliphatic carbocycles. The molecule has 2 aliphatic rings. The van der Waals surface area contributed by atoms with Gasteiger partial charge < -0.3 is 8.85 Å². The third kappa shape index (κ3) is 2.40. The van der Waals surface area contributed by atoms with E-state index in [4.69, 9.17) is 8.85 Å². The van der Waals surface area contributed by atoms with Gasteiger partial charge in [0.2, 0.25) is 0 Å². The lowest BCUT2D eigenvalue weighted by molar-refractivity contribution is 0.209. The van der Waals surface area contributed by atoms with Gasteiger partial charge in [-0.2, -0.15) is 0 Å². The molecule has 0 N–H and O–H groups in total. The molecule has 0 spiro atoms. The summed E-state index contributed by atoms with van der Waals surface area (Å²) in [6.45, 7) is 4.46. The SMILES string of the molecule is CO[Si](OC)(C1CCCCC1)C1C(C)=Cc2c(C)cccc21. The molecule has 0 saturated heterocycles. The highest BCUT2D eigenvalue weighted by Crippen LogP contribution is 2.51. The molecule has 120 valence electrons. The molecule has 2 nitrogen and oxygen atoms in total. The monoisotopic (exact) mass is 316 g/mol. The standard InChI is InChI=1S/C19H28O2Si/c1-14-9-8-12-17-18(14)13-15(2)19(17)22(20-3,21-4)16-10-6-5-7-11-16/h8-9,12-13,16,19H,5-7,10-11H2,1-4H3. The Bertz CT molecular complexity index is 569. The van der Waals surface area contributed by atoms with E-state index >= 15 is 0 Å². The Morgan fingerprint density at radius 3 is 2.32 bits per heavy atom. The average molecular weight is 317 g/mol. The van der Waals surface area contributed by atoms with Crippen molar-refractivity contribution in [3.8, 4) is 0 Å². The van der Waals surface area contributed by atoms with Crippen LogP contribution in [0.25, 0.3) is 6.08 Å². The van der Waals surface area contributed by atoms with Crippen LogP contribution in [-0.4, -0.2) is 22.8 Å². The summed E-state index contributed by atoms with van der Waals surface area (Å²) in [7, 11) is 1.45.